The molecule has 0 bridgehead atoms. The molecule has 0 aliphatic carbocycles. The second-order valence-corrected chi connectivity index (χ2v) is 5.32. The lowest BCUT2D eigenvalue weighted by atomic mass is 10.1. The number of carbonyl (C=O) groups excluding carboxylic acids is 1. The smallest absolute Gasteiger partial charge is 0.416 e. The van der Waals surface area contributed by atoms with Crippen LogP contribution in [0, 0.1) is 5.82 Å². The maximum absolute atomic E-state index is 13.5. The summed E-state index contributed by atoms with van der Waals surface area (Å²) in [4.78, 5) is 19.7. The molecule has 0 aliphatic heterocycles. The van der Waals surface area contributed by atoms with Gasteiger partial charge in [-0.2, -0.15) is 13.2 Å². The number of aromatic nitrogens is 2. The lowest BCUT2D eigenvalue weighted by Crippen LogP contribution is -2.14. The van der Waals surface area contributed by atoms with Crippen LogP contribution in [0.4, 0.5) is 23.2 Å². The Balaban J connectivity index is 1.70. The van der Waals surface area contributed by atoms with Crippen LogP contribution in [-0.2, 0) is 6.18 Å². The van der Waals surface area contributed by atoms with Gasteiger partial charge in [-0.15, -0.1) is 0 Å². The largest absolute Gasteiger partial charge is 0.421 e. The van der Waals surface area contributed by atoms with Crippen molar-refractivity contribution in [3.05, 3.63) is 77.9 Å². The highest BCUT2D eigenvalue weighted by Gasteiger charge is 2.30. The van der Waals surface area contributed by atoms with Gasteiger partial charge in [-0.1, -0.05) is 18.2 Å². The quantitative estimate of drug-likeness (QED) is 0.671. The van der Waals surface area contributed by atoms with E-state index in [1.54, 1.807) is 6.07 Å². The number of halogens is 4. The Bertz CT molecular complexity index is 959. The molecule has 138 valence electrons. The van der Waals surface area contributed by atoms with Crippen molar-refractivity contribution in [3.63, 3.8) is 0 Å². The summed E-state index contributed by atoms with van der Waals surface area (Å²) in [6.45, 7) is 0. The fourth-order valence-corrected chi connectivity index (χ4v) is 2.10. The van der Waals surface area contributed by atoms with Crippen LogP contribution in [0.1, 0.15) is 15.9 Å². The van der Waals surface area contributed by atoms with Crippen molar-refractivity contribution in [1.82, 2.24) is 9.97 Å². The molecule has 3 aromatic rings. The summed E-state index contributed by atoms with van der Waals surface area (Å²) in [5, 5.41) is 2.38. The highest BCUT2D eigenvalue weighted by Crippen LogP contribution is 2.29. The van der Waals surface area contributed by atoms with E-state index in [-0.39, 0.29) is 23.0 Å². The van der Waals surface area contributed by atoms with Crippen molar-refractivity contribution < 1.29 is 27.1 Å². The molecular formula is C18H11F4N3O2. The first-order chi connectivity index (χ1) is 12.8. The summed E-state index contributed by atoms with van der Waals surface area (Å²) in [6.07, 6.45) is -2.17. The van der Waals surface area contributed by atoms with Gasteiger partial charge in [0.2, 0.25) is 0 Å². The lowest BCUT2D eigenvalue weighted by molar-refractivity contribution is -0.137. The summed E-state index contributed by atoms with van der Waals surface area (Å²) in [6, 6.07) is 9.51. The van der Waals surface area contributed by atoms with Gasteiger partial charge in [0.05, 0.1) is 23.6 Å². The molecule has 0 radical (unpaired) electrons. The van der Waals surface area contributed by atoms with Gasteiger partial charge in [-0.25, -0.2) is 14.4 Å². The number of anilines is 1. The molecule has 9 heteroatoms. The van der Waals surface area contributed by atoms with Crippen molar-refractivity contribution in [2.45, 2.75) is 6.18 Å². The molecule has 1 aromatic heterocycles. The summed E-state index contributed by atoms with van der Waals surface area (Å²) in [5.41, 5.74) is -0.963. The number of carbonyl (C=O) groups is 1. The third-order valence-corrected chi connectivity index (χ3v) is 3.38. The summed E-state index contributed by atoms with van der Waals surface area (Å²) in [5.74, 6) is -1.42. The third kappa shape index (κ3) is 4.57. The van der Waals surface area contributed by atoms with Crippen molar-refractivity contribution in [2.75, 3.05) is 5.32 Å². The van der Waals surface area contributed by atoms with E-state index in [1.807, 2.05) is 0 Å². The second-order valence-electron chi connectivity index (χ2n) is 5.32. The maximum Gasteiger partial charge on any atom is 0.416 e. The molecule has 1 N–H and O–H groups in total. The van der Waals surface area contributed by atoms with E-state index in [4.69, 9.17) is 4.74 Å². The minimum Gasteiger partial charge on any atom is -0.421 e. The fraction of sp³-hybridized carbons (Fsp3) is 0.0556. The number of nitrogens with zero attached hydrogens (tertiary/aromatic N) is 2. The molecule has 5 nitrogen and oxygen atoms in total. The van der Waals surface area contributed by atoms with E-state index in [0.29, 0.717) is 0 Å². The first-order valence-corrected chi connectivity index (χ1v) is 7.56. The Kier molecular flexibility index (Phi) is 5.02. The zero-order valence-electron chi connectivity index (χ0n) is 13.5. The van der Waals surface area contributed by atoms with Gasteiger partial charge in [0, 0.05) is 5.56 Å². The van der Waals surface area contributed by atoms with Crippen molar-refractivity contribution in [1.29, 1.82) is 0 Å². The second kappa shape index (κ2) is 7.40. The first kappa shape index (κ1) is 18.3. The van der Waals surface area contributed by atoms with Gasteiger partial charge in [-0.3, -0.25) is 4.79 Å². The molecule has 0 aliphatic rings. The van der Waals surface area contributed by atoms with Crippen LogP contribution in [0.2, 0.25) is 0 Å². The highest BCUT2D eigenvalue weighted by atomic mass is 19.4. The summed E-state index contributed by atoms with van der Waals surface area (Å²) >= 11 is 0. The molecule has 0 saturated heterocycles. The predicted octanol–water partition coefficient (Wildman–Crippen LogP) is 4.68. The van der Waals surface area contributed by atoms with E-state index in [9.17, 15) is 22.4 Å². The Morgan fingerprint density at radius 3 is 2.37 bits per heavy atom. The monoisotopic (exact) mass is 377 g/mol. The van der Waals surface area contributed by atoms with E-state index in [2.05, 4.69) is 15.3 Å². The van der Waals surface area contributed by atoms with Gasteiger partial charge >= 0.3 is 12.2 Å². The molecule has 27 heavy (non-hydrogen) atoms. The molecule has 0 saturated carbocycles. The van der Waals surface area contributed by atoms with E-state index in [0.717, 1.165) is 18.2 Å². The SMILES string of the molecule is O=C(Nc1cnc(Oc2ccccc2F)nc1)c1cccc(C(F)(F)F)c1. The molecule has 0 fully saturated rings. The zero-order valence-corrected chi connectivity index (χ0v) is 13.5. The summed E-state index contributed by atoms with van der Waals surface area (Å²) in [7, 11) is 0. The number of amides is 1. The van der Waals surface area contributed by atoms with Crippen molar-refractivity contribution >= 4 is 11.6 Å². The number of ether oxygens (including phenoxy) is 1. The Morgan fingerprint density at radius 1 is 1.00 bits per heavy atom. The van der Waals surface area contributed by atoms with Crippen LogP contribution in [0.5, 0.6) is 11.8 Å². The standard InChI is InChI=1S/C18H11F4N3O2/c19-14-6-1-2-7-15(14)27-17-23-9-13(10-24-17)25-16(26)11-4-3-5-12(8-11)18(20,21)22/h1-10H,(H,25,26). The Hall–Kier alpha value is -3.49. The molecule has 1 heterocycles. The molecule has 0 unspecified atom stereocenters. The summed E-state index contributed by atoms with van der Waals surface area (Å²) < 4.78 is 56.8. The Labute approximate surface area is 150 Å². The number of para-hydroxylation sites is 1. The predicted molar refractivity (Wildman–Crippen MR) is 87.9 cm³/mol. The number of nitrogens with one attached hydrogen (secondary N) is 1. The normalized spacial score (nSPS) is 11.1. The number of rotatable bonds is 4. The van der Waals surface area contributed by atoms with Crippen LogP contribution >= 0.6 is 0 Å². The van der Waals surface area contributed by atoms with Crippen LogP contribution in [0.15, 0.2) is 60.9 Å². The number of alkyl halides is 3. The highest BCUT2D eigenvalue weighted by molar-refractivity contribution is 6.04. The average Bonchev–Trinajstić information content (AvgIpc) is 2.64. The molecule has 0 spiro atoms. The minimum atomic E-state index is -4.55. The molecule has 1 amide bonds. The lowest BCUT2D eigenvalue weighted by Gasteiger charge is -2.09. The number of benzene rings is 2. The van der Waals surface area contributed by atoms with Crippen molar-refractivity contribution in [3.8, 4) is 11.8 Å². The molecule has 0 atom stereocenters. The van der Waals surface area contributed by atoms with Gasteiger partial charge in [0.25, 0.3) is 5.91 Å². The van der Waals surface area contributed by atoms with Crippen LogP contribution < -0.4 is 10.1 Å². The molecule has 3 rings (SSSR count). The van der Waals surface area contributed by atoms with Crippen molar-refractivity contribution in [2.24, 2.45) is 0 Å². The molecular weight excluding hydrogens is 366 g/mol. The van der Waals surface area contributed by atoms with Crippen LogP contribution in [0.25, 0.3) is 0 Å². The average molecular weight is 377 g/mol. The molecule has 2 aromatic carbocycles. The van der Waals surface area contributed by atoms with Gasteiger partial charge in [0.15, 0.2) is 11.6 Å². The minimum absolute atomic E-state index is 0.0711. The van der Waals surface area contributed by atoms with Gasteiger partial charge in [0.1, 0.15) is 0 Å². The van der Waals surface area contributed by atoms with Gasteiger partial charge < -0.3 is 10.1 Å². The van der Waals surface area contributed by atoms with Gasteiger partial charge in [-0.05, 0) is 30.3 Å². The van der Waals surface area contributed by atoms with E-state index < -0.39 is 23.5 Å². The number of hydrogen-bond acceptors (Lipinski definition) is 4. The zero-order chi connectivity index (χ0) is 19.4. The first-order valence-electron chi connectivity index (χ1n) is 7.56. The van der Waals surface area contributed by atoms with E-state index >= 15 is 0 Å². The van der Waals surface area contributed by atoms with Crippen LogP contribution in [-0.4, -0.2) is 15.9 Å². The van der Waals surface area contributed by atoms with E-state index in [1.165, 1.54) is 36.7 Å². The Morgan fingerprint density at radius 2 is 1.70 bits per heavy atom. The maximum atomic E-state index is 13.5. The van der Waals surface area contributed by atoms with Crippen LogP contribution in [0.3, 0.4) is 0 Å². The third-order valence-electron chi connectivity index (χ3n) is 3.38. The topological polar surface area (TPSA) is 64.1 Å². The fourth-order valence-electron chi connectivity index (χ4n) is 2.10. The number of hydrogen-bond donors (Lipinski definition) is 1.